The van der Waals surface area contributed by atoms with Crippen LogP contribution in [-0.2, 0) is 0 Å². The molecule has 0 saturated heterocycles. The van der Waals surface area contributed by atoms with Crippen LogP contribution in [-0.4, -0.2) is 39.2 Å². The molecule has 1 aromatic rings. The van der Waals surface area contributed by atoms with Crippen molar-refractivity contribution in [3.05, 3.63) is 11.5 Å². The highest BCUT2D eigenvalue weighted by Gasteiger charge is 2.20. The van der Waals surface area contributed by atoms with Crippen LogP contribution in [0.1, 0.15) is 6.92 Å². The number of nitrogens with zero attached hydrogens (tertiary/aromatic N) is 2. The summed E-state index contributed by atoms with van der Waals surface area (Å²) >= 11 is 7.31. The standard InChI is InChI=1S/C9H15ClN4OS/c1-9(15,4-16-2)3-12-8-6(11)7(10)13-5-14-8/h5,15H,3-4,11H2,1-2H3,(H,12,13,14). The third kappa shape index (κ3) is 3.70. The maximum absolute atomic E-state index is 9.94. The predicted octanol–water partition coefficient (Wildman–Crippen LogP) is 1.24. The lowest BCUT2D eigenvalue weighted by Gasteiger charge is -2.23. The smallest absolute Gasteiger partial charge is 0.157 e. The van der Waals surface area contributed by atoms with Crippen molar-refractivity contribution in [1.29, 1.82) is 0 Å². The monoisotopic (exact) mass is 262 g/mol. The Morgan fingerprint density at radius 1 is 1.62 bits per heavy atom. The van der Waals surface area contributed by atoms with E-state index in [9.17, 15) is 5.11 Å². The van der Waals surface area contributed by atoms with Crippen molar-refractivity contribution in [1.82, 2.24) is 9.97 Å². The van der Waals surface area contributed by atoms with Gasteiger partial charge >= 0.3 is 0 Å². The largest absolute Gasteiger partial charge is 0.393 e. The van der Waals surface area contributed by atoms with Gasteiger partial charge in [0.25, 0.3) is 0 Å². The molecule has 1 rings (SSSR count). The summed E-state index contributed by atoms with van der Waals surface area (Å²) in [5.41, 5.74) is 5.16. The van der Waals surface area contributed by atoms with Gasteiger partial charge in [-0.2, -0.15) is 11.8 Å². The van der Waals surface area contributed by atoms with Gasteiger partial charge in [-0.25, -0.2) is 9.97 Å². The molecule has 0 aliphatic carbocycles. The topological polar surface area (TPSA) is 84.1 Å². The number of thioether (sulfide) groups is 1. The van der Waals surface area contributed by atoms with Crippen molar-refractivity contribution in [3.8, 4) is 0 Å². The summed E-state index contributed by atoms with van der Waals surface area (Å²) in [6, 6.07) is 0. The number of nitrogens with two attached hydrogens (primary N) is 1. The molecule has 1 aromatic heterocycles. The van der Waals surface area contributed by atoms with E-state index in [-0.39, 0.29) is 5.15 Å². The fourth-order valence-corrected chi connectivity index (χ4v) is 2.01. The third-order valence-electron chi connectivity index (χ3n) is 1.93. The van der Waals surface area contributed by atoms with Gasteiger partial charge in [-0.05, 0) is 13.2 Å². The maximum atomic E-state index is 9.94. The molecule has 1 unspecified atom stereocenters. The van der Waals surface area contributed by atoms with Crippen molar-refractivity contribution in [2.24, 2.45) is 0 Å². The highest BCUT2D eigenvalue weighted by molar-refractivity contribution is 7.98. The molecule has 0 spiro atoms. The van der Waals surface area contributed by atoms with E-state index in [2.05, 4.69) is 15.3 Å². The minimum absolute atomic E-state index is 0.210. The average Bonchev–Trinajstić information content (AvgIpc) is 2.20. The van der Waals surface area contributed by atoms with E-state index in [1.54, 1.807) is 18.7 Å². The van der Waals surface area contributed by atoms with Crippen molar-refractivity contribution < 1.29 is 5.11 Å². The quantitative estimate of drug-likeness (QED) is 0.693. The summed E-state index contributed by atoms with van der Waals surface area (Å²) in [5, 5.41) is 13.1. The van der Waals surface area contributed by atoms with E-state index < -0.39 is 5.60 Å². The minimum atomic E-state index is -0.816. The van der Waals surface area contributed by atoms with Crippen molar-refractivity contribution in [2.75, 3.05) is 29.6 Å². The molecule has 0 aromatic carbocycles. The second-order valence-corrected chi connectivity index (χ2v) is 4.93. The van der Waals surface area contributed by atoms with E-state index in [4.69, 9.17) is 17.3 Å². The Hall–Kier alpha value is -0.720. The molecule has 90 valence electrons. The highest BCUT2D eigenvalue weighted by Crippen LogP contribution is 2.22. The van der Waals surface area contributed by atoms with Gasteiger partial charge in [0.1, 0.15) is 12.0 Å². The Bertz CT molecular complexity index is 361. The van der Waals surface area contributed by atoms with Gasteiger partial charge in [-0.15, -0.1) is 0 Å². The van der Waals surface area contributed by atoms with Crippen LogP contribution in [0.25, 0.3) is 0 Å². The normalized spacial score (nSPS) is 14.5. The first-order valence-corrected chi connectivity index (χ1v) is 6.44. The second-order valence-electron chi connectivity index (χ2n) is 3.71. The van der Waals surface area contributed by atoms with Gasteiger partial charge in [0.2, 0.25) is 0 Å². The molecule has 0 radical (unpaired) electrons. The summed E-state index contributed by atoms with van der Waals surface area (Å²) in [6.07, 6.45) is 3.26. The maximum Gasteiger partial charge on any atom is 0.157 e. The zero-order chi connectivity index (χ0) is 12.2. The molecule has 16 heavy (non-hydrogen) atoms. The number of hydrogen-bond donors (Lipinski definition) is 3. The molecule has 1 atom stereocenters. The molecular formula is C9H15ClN4OS. The van der Waals surface area contributed by atoms with Crippen LogP contribution in [0.3, 0.4) is 0 Å². The lowest BCUT2D eigenvalue weighted by atomic mass is 10.1. The number of aliphatic hydroxyl groups is 1. The molecule has 1 heterocycles. The van der Waals surface area contributed by atoms with Crippen LogP contribution in [0.15, 0.2) is 6.33 Å². The van der Waals surface area contributed by atoms with E-state index in [1.807, 2.05) is 6.26 Å². The van der Waals surface area contributed by atoms with Crippen molar-refractivity contribution >= 4 is 34.9 Å². The number of nitrogens with one attached hydrogen (secondary N) is 1. The van der Waals surface area contributed by atoms with Gasteiger partial charge in [-0.1, -0.05) is 11.6 Å². The second kappa shape index (κ2) is 5.56. The number of rotatable bonds is 5. The van der Waals surface area contributed by atoms with Gasteiger partial charge in [0, 0.05) is 12.3 Å². The Morgan fingerprint density at radius 3 is 2.94 bits per heavy atom. The van der Waals surface area contributed by atoms with Gasteiger partial charge in [0.05, 0.1) is 5.60 Å². The predicted molar refractivity (Wildman–Crippen MR) is 68.9 cm³/mol. The zero-order valence-electron chi connectivity index (χ0n) is 9.20. The van der Waals surface area contributed by atoms with E-state index in [1.165, 1.54) is 6.33 Å². The summed E-state index contributed by atoms with van der Waals surface area (Å²) in [7, 11) is 0. The van der Waals surface area contributed by atoms with E-state index in [0.717, 1.165) is 0 Å². The molecule has 4 N–H and O–H groups in total. The van der Waals surface area contributed by atoms with Crippen LogP contribution >= 0.6 is 23.4 Å². The third-order valence-corrected chi connectivity index (χ3v) is 3.14. The van der Waals surface area contributed by atoms with E-state index >= 15 is 0 Å². The van der Waals surface area contributed by atoms with Crippen LogP contribution in [0.2, 0.25) is 5.15 Å². The summed E-state index contributed by atoms with van der Waals surface area (Å²) < 4.78 is 0. The SMILES string of the molecule is CSCC(C)(O)CNc1ncnc(Cl)c1N. The Morgan fingerprint density at radius 2 is 2.31 bits per heavy atom. The summed E-state index contributed by atoms with van der Waals surface area (Å²) in [6.45, 7) is 2.10. The first kappa shape index (κ1) is 13.3. The van der Waals surface area contributed by atoms with Crippen molar-refractivity contribution in [3.63, 3.8) is 0 Å². The number of hydrogen-bond acceptors (Lipinski definition) is 6. The summed E-state index contributed by atoms with van der Waals surface area (Å²) in [4.78, 5) is 7.70. The molecule has 0 bridgehead atoms. The van der Waals surface area contributed by atoms with Gasteiger partial charge in [0.15, 0.2) is 11.0 Å². The minimum Gasteiger partial charge on any atom is -0.393 e. The lowest BCUT2D eigenvalue weighted by Crippen LogP contribution is -2.36. The fraction of sp³-hybridized carbons (Fsp3) is 0.556. The fourth-order valence-electron chi connectivity index (χ4n) is 1.15. The Kier molecular flexibility index (Phi) is 4.64. The molecule has 0 saturated carbocycles. The lowest BCUT2D eigenvalue weighted by molar-refractivity contribution is 0.0996. The number of aromatic nitrogens is 2. The number of anilines is 2. The van der Waals surface area contributed by atoms with E-state index in [0.29, 0.717) is 23.8 Å². The van der Waals surface area contributed by atoms with Crippen molar-refractivity contribution in [2.45, 2.75) is 12.5 Å². The van der Waals surface area contributed by atoms with Gasteiger partial charge in [-0.3, -0.25) is 0 Å². The van der Waals surface area contributed by atoms with Crippen LogP contribution in [0.5, 0.6) is 0 Å². The first-order valence-electron chi connectivity index (χ1n) is 4.67. The molecule has 0 aliphatic rings. The molecule has 7 heteroatoms. The van der Waals surface area contributed by atoms with Gasteiger partial charge < -0.3 is 16.2 Å². The molecule has 0 amide bonds. The van der Waals surface area contributed by atoms with Crippen LogP contribution in [0.4, 0.5) is 11.5 Å². The van der Waals surface area contributed by atoms with Crippen LogP contribution < -0.4 is 11.1 Å². The number of nitrogen functional groups attached to an aromatic ring is 1. The molecule has 0 fully saturated rings. The summed E-state index contributed by atoms with van der Waals surface area (Å²) in [5.74, 6) is 1.07. The Balaban J connectivity index is 2.64. The highest BCUT2D eigenvalue weighted by atomic mass is 35.5. The Labute approximate surface area is 104 Å². The molecule has 0 aliphatic heterocycles. The number of halogens is 1. The molecular weight excluding hydrogens is 248 g/mol. The average molecular weight is 263 g/mol. The zero-order valence-corrected chi connectivity index (χ0v) is 10.8. The molecule has 5 nitrogen and oxygen atoms in total. The van der Waals surface area contributed by atoms with Crippen LogP contribution in [0, 0.1) is 0 Å². The first-order chi connectivity index (χ1) is 7.46.